The summed E-state index contributed by atoms with van der Waals surface area (Å²) < 4.78 is 26.9. The number of carbonyl (C=O) groups is 3. The van der Waals surface area contributed by atoms with Gasteiger partial charge in [-0.15, -0.1) is 0 Å². The molecule has 1 unspecified atom stereocenters. The lowest BCUT2D eigenvalue weighted by Gasteiger charge is -2.27. The van der Waals surface area contributed by atoms with E-state index in [0.717, 1.165) is 11.1 Å². The van der Waals surface area contributed by atoms with Crippen LogP contribution in [-0.2, 0) is 14.4 Å². The van der Waals surface area contributed by atoms with Gasteiger partial charge in [0, 0.05) is 24.3 Å². The average molecular weight is 470 g/mol. The molecule has 0 N–H and O–H groups in total. The lowest BCUT2D eigenvalue weighted by molar-refractivity contribution is -0.151. The second-order valence-corrected chi connectivity index (χ2v) is 9.74. The van der Waals surface area contributed by atoms with Crippen molar-refractivity contribution < 1.29 is 23.2 Å². The summed E-state index contributed by atoms with van der Waals surface area (Å²) in [4.78, 5) is 40.0. The van der Waals surface area contributed by atoms with Gasteiger partial charge in [0.25, 0.3) is 5.91 Å². The zero-order chi connectivity index (χ0) is 24.9. The summed E-state index contributed by atoms with van der Waals surface area (Å²) in [7, 11) is 0. The predicted octanol–water partition coefficient (Wildman–Crippen LogP) is 5.83. The molecule has 182 valence electrons. The van der Waals surface area contributed by atoms with Crippen LogP contribution in [0.2, 0.25) is 0 Å². The molecule has 1 atom stereocenters. The number of Topliss-reactive ketones (excluding diaryl/α,β-unsaturated/α-hetero) is 2. The number of hydrogen-bond acceptors (Lipinski definition) is 3. The Kier molecular flexibility index (Phi) is 8.34. The summed E-state index contributed by atoms with van der Waals surface area (Å²) in [6, 6.07) is 11.9. The number of benzene rings is 2. The second kappa shape index (κ2) is 11.0. The highest BCUT2D eigenvalue weighted by molar-refractivity contribution is 6.38. The van der Waals surface area contributed by atoms with Gasteiger partial charge >= 0.3 is 0 Å². The van der Waals surface area contributed by atoms with E-state index >= 15 is 0 Å². The topological polar surface area (TPSA) is 54.5 Å². The minimum Gasteiger partial charge on any atom is -0.326 e. The molecule has 0 bridgehead atoms. The van der Waals surface area contributed by atoms with Gasteiger partial charge in [-0.1, -0.05) is 45.0 Å². The number of amides is 1. The fourth-order valence-electron chi connectivity index (χ4n) is 4.49. The molecule has 0 spiro atoms. The Morgan fingerprint density at radius 1 is 0.971 bits per heavy atom. The standard InChI is InChI=1S/C28H33F2NO3/c1-4-28(2,3)26(33)27(34)31-18-6-8-24(31)25(32)9-5-7-23(19-10-14-21(29)15-11-19)20-12-16-22(30)17-13-20/h10-17,23-24H,4-9,18H2,1-3H3. The Hall–Kier alpha value is -2.89. The highest BCUT2D eigenvalue weighted by Gasteiger charge is 2.40. The van der Waals surface area contributed by atoms with E-state index in [-0.39, 0.29) is 29.8 Å². The molecule has 1 amide bonds. The summed E-state index contributed by atoms with van der Waals surface area (Å²) in [5.74, 6) is -1.81. The number of nitrogens with zero attached hydrogens (tertiary/aromatic N) is 1. The van der Waals surface area contributed by atoms with Gasteiger partial charge in [-0.3, -0.25) is 14.4 Å². The van der Waals surface area contributed by atoms with Crippen molar-refractivity contribution in [3.8, 4) is 0 Å². The second-order valence-electron chi connectivity index (χ2n) is 9.74. The molecule has 0 saturated carbocycles. The molecule has 1 saturated heterocycles. The van der Waals surface area contributed by atoms with E-state index in [4.69, 9.17) is 0 Å². The van der Waals surface area contributed by atoms with Crippen molar-refractivity contribution >= 4 is 17.5 Å². The Morgan fingerprint density at radius 2 is 1.50 bits per heavy atom. The van der Waals surface area contributed by atoms with Crippen molar-refractivity contribution in [3.05, 3.63) is 71.3 Å². The smallest absolute Gasteiger partial charge is 0.291 e. The SMILES string of the molecule is CCC(C)(C)C(=O)C(=O)N1CCCC1C(=O)CCCC(c1ccc(F)cc1)c1ccc(F)cc1. The third kappa shape index (κ3) is 5.96. The van der Waals surface area contributed by atoms with Crippen LogP contribution in [0.15, 0.2) is 48.5 Å². The molecule has 2 aromatic carbocycles. The molecule has 1 aliphatic rings. The molecule has 0 aliphatic carbocycles. The lowest BCUT2D eigenvalue weighted by atomic mass is 9.84. The van der Waals surface area contributed by atoms with Gasteiger partial charge in [0.1, 0.15) is 11.6 Å². The van der Waals surface area contributed by atoms with Gasteiger partial charge in [0.05, 0.1) is 6.04 Å². The quantitative estimate of drug-likeness (QED) is 0.411. The Morgan fingerprint density at radius 3 is 2.00 bits per heavy atom. The highest BCUT2D eigenvalue weighted by Crippen LogP contribution is 2.31. The molecule has 34 heavy (non-hydrogen) atoms. The van der Waals surface area contributed by atoms with Crippen LogP contribution < -0.4 is 0 Å². The molecule has 1 fully saturated rings. The molecular weight excluding hydrogens is 436 g/mol. The van der Waals surface area contributed by atoms with E-state index in [0.29, 0.717) is 38.6 Å². The Balaban J connectivity index is 1.67. The van der Waals surface area contributed by atoms with Crippen LogP contribution in [0.3, 0.4) is 0 Å². The van der Waals surface area contributed by atoms with E-state index in [1.165, 1.54) is 29.2 Å². The van der Waals surface area contributed by atoms with Crippen molar-refractivity contribution in [1.29, 1.82) is 0 Å². The van der Waals surface area contributed by atoms with Gasteiger partial charge in [-0.2, -0.15) is 0 Å². The van der Waals surface area contributed by atoms with E-state index in [9.17, 15) is 23.2 Å². The van der Waals surface area contributed by atoms with Crippen LogP contribution in [0.25, 0.3) is 0 Å². The number of hydrogen-bond donors (Lipinski definition) is 0. The van der Waals surface area contributed by atoms with Gasteiger partial charge in [0.15, 0.2) is 5.78 Å². The molecule has 3 rings (SSSR count). The molecule has 1 heterocycles. The van der Waals surface area contributed by atoms with E-state index in [1.54, 1.807) is 38.1 Å². The fraction of sp³-hybridized carbons (Fsp3) is 0.464. The summed E-state index contributed by atoms with van der Waals surface area (Å²) in [6.07, 6.45) is 3.28. The van der Waals surface area contributed by atoms with Crippen LogP contribution in [0.5, 0.6) is 0 Å². The molecule has 6 heteroatoms. The summed E-state index contributed by atoms with van der Waals surface area (Å²) >= 11 is 0. The van der Waals surface area contributed by atoms with Crippen LogP contribution in [0.4, 0.5) is 8.78 Å². The minimum absolute atomic E-state index is 0.0371. The zero-order valence-corrected chi connectivity index (χ0v) is 20.2. The van der Waals surface area contributed by atoms with E-state index < -0.39 is 23.1 Å². The number of carbonyl (C=O) groups excluding carboxylic acids is 3. The molecule has 1 aliphatic heterocycles. The van der Waals surface area contributed by atoms with Crippen molar-refractivity contribution in [1.82, 2.24) is 4.90 Å². The first-order valence-electron chi connectivity index (χ1n) is 12.0. The van der Waals surface area contributed by atoms with Gasteiger partial charge in [-0.25, -0.2) is 8.78 Å². The first-order chi connectivity index (χ1) is 16.1. The van der Waals surface area contributed by atoms with Crippen molar-refractivity contribution in [2.24, 2.45) is 5.41 Å². The van der Waals surface area contributed by atoms with Crippen LogP contribution in [0, 0.1) is 17.0 Å². The average Bonchev–Trinajstić information content (AvgIpc) is 3.32. The molecular formula is C28H33F2NO3. The minimum atomic E-state index is -0.745. The fourth-order valence-corrected chi connectivity index (χ4v) is 4.49. The summed E-state index contributed by atoms with van der Waals surface area (Å²) in [6.45, 7) is 5.81. The largest absolute Gasteiger partial charge is 0.326 e. The third-order valence-corrected chi connectivity index (χ3v) is 7.04. The number of ketones is 2. The van der Waals surface area contributed by atoms with Crippen molar-refractivity contribution in [2.45, 2.75) is 71.3 Å². The van der Waals surface area contributed by atoms with Crippen LogP contribution in [0.1, 0.15) is 76.3 Å². The van der Waals surface area contributed by atoms with Crippen LogP contribution >= 0.6 is 0 Å². The first-order valence-corrected chi connectivity index (χ1v) is 12.0. The summed E-state index contributed by atoms with van der Waals surface area (Å²) in [5, 5.41) is 0. The molecule has 0 aromatic heterocycles. The maximum atomic E-state index is 13.4. The first kappa shape index (κ1) is 25.7. The predicted molar refractivity (Wildman–Crippen MR) is 127 cm³/mol. The van der Waals surface area contributed by atoms with Gasteiger partial charge in [0.2, 0.25) is 5.78 Å². The van der Waals surface area contributed by atoms with Crippen LogP contribution in [-0.4, -0.2) is 35.0 Å². The zero-order valence-electron chi connectivity index (χ0n) is 20.2. The van der Waals surface area contributed by atoms with Gasteiger partial charge < -0.3 is 4.90 Å². The van der Waals surface area contributed by atoms with Gasteiger partial charge in [-0.05, 0) is 67.5 Å². The van der Waals surface area contributed by atoms with Crippen molar-refractivity contribution in [3.63, 3.8) is 0 Å². The number of halogens is 2. The highest BCUT2D eigenvalue weighted by atomic mass is 19.1. The Labute approximate surface area is 200 Å². The lowest BCUT2D eigenvalue weighted by Crippen LogP contribution is -2.47. The maximum absolute atomic E-state index is 13.4. The summed E-state index contributed by atoms with van der Waals surface area (Å²) in [5.41, 5.74) is 1.04. The van der Waals surface area contributed by atoms with E-state index in [1.807, 2.05) is 6.92 Å². The normalized spacial score (nSPS) is 16.2. The van der Waals surface area contributed by atoms with Crippen molar-refractivity contribution in [2.75, 3.05) is 6.54 Å². The Bertz CT molecular complexity index is 969. The monoisotopic (exact) mass is 469 g/mol. The number of rotatable bonds is 10. The molecule has 4 nitrogen and oxygen atoms in total. The van der Waals surface area contributed by atoms with E-state index in [2.05, 4.69) is 0 Å². The maximum Gasteiger partial charge on any atom is 0.291 e. The third-order valence-electron chi connectivity index (χ3n) is 7.04. The molecule has 2 aromatic rings. The number of likely N-dealkylation sites (tertiary alicyclic amines) is 1. The molecule has 0 radical (unpaired) electrons.